The Labute approximate surface area is 276 Å². The van der Waals surface area contributed by atoms with Crippen molar-refractivity contribution in [3.63, 3.8) is 0 Å². The Kier molecular flexibility index (Phi) is 5.06. The molecule has 7 aromatic carbocycles. The summed E-state index contributed by atoms with van der Waals surface area (Å²) in [5.74, 6) is 1.96. The molecule has 0 saturated carbocycles. The molecule has 4 aliphatic rings. The first-order valence-electron chi connectivity index (χ1n) is 16.5. The molecule has 1 atom stereocenters. The van der Waals surface area contributed by atoms with Crippen LogP contribution < -0.4 is 63.2 Å². The van der Waals surface area contributed by atoms with Gasteiger partial charge in [0.25, 0.3) is 6.71 Å². The Balaban J connectivity index is 1.31. The average Bonchev–Trinajstić information content (AvgIpc) is 3.14. The maximum absolute atomic E-state index is 6.76. The number of fused-ring (bicyclic) bond motifs is 12. The molecular formula is C42H27B2NOSi. The van der Waals surface area contributed by atoms with Gasteiger partial charge in [-0.25, -0.2) is 0 Å². The Bertz CT molecular complexity index is 2430. The molecule has 1 unspecified atom stereocenters. The van der Waals surface area contributed by atoms with Crippen LogP contribution in [0.4, 0.5) is 17.1 Å². The number of ether oxygens (including phenoxy) is 1. The zero-order chi connectivity index (χ0) is 30.7. The van der Waals surface area contributed by atoms with Crippen LogP contribution in [0.3, 0.4) is 0 Å². The molecular weight excluding hydrogens is 584 g/mol. The molecule has 1 spiro atoms. The van der Waals surface area contributed by atoms with Gasteiger partial charge in [-0.15, -0.1) is 0 Å². The number of anilines is 3. The third kappa shape index (κ3) is 3.13. The molecule has 7 aromatic rings. The second-order valence-corrected chi connectivity index (χ2v) is 16.8. The van der Waals surface area contributed by atoms with Gasteiger partial charge in [-0.1, -0.05) is 138 Å². The standard InChI is InChI=1S/C42H27B2NOSi/c1-2-14-28(15-3-1)45-33-20-8-4-16-29(33)43-31-18-6-10-24-37(31)47(39-26-12-21-34(45)41(39)43)38-25-11-7-19-32(38)44-30-17-5-9-22-35(30)46-36-23-13-27-40(47)42(36)44/h1-27H. The van der Waals surface area contributed by atoms with Crippen molar-refractivity contribution in [1.29, 1.82) is 0 Å². The molecule has 47 heavy (non-hydrogen) atoms. The van der Waals surface area contributed by atoms with Crippen LogP contribution in [0.1, 0.15) is 0 Å². The summed E-state index contributed by atoms with van der Waals surface area (Å²) in [6, 6.07) is 61.3. The second kappa shape index (κ2) is 9.28. The first kappa shape index (κ1) is 25.7. The van der Waals surface area contributed by atoms with Crippen LogP contribution in [0.25, 0.3) is 0 Å². The summed E-state index contributed by atoms with van der Waals surface area (Å²) in [6.07, 6.45) is 0. The number of benzene rings is 7. The second-order valence-electron chi connectivity index (χ2n) is 13.1. The lowest BCUT2D eigenvalue weighted by atomic mass is 9.34. The van der Waals surface area contributed by atoms with Gasteiger partial charge in [0.2, 0.25) is 6.71 Å². The molecule has 0 N–H and O–H groups in total. The number of hydrogen-bond acceptors (Lipinski definition) is 2. The molecule has 4 aliphatic heterocycles. The van der Waals surface area contributed by atoms with E-state index in [0.717, 1.165) is 11.5 Å². The van der Waals surface area contributed by atoms with Gasteiger partial charge in [0.1, 0.15) is 11.5 Å². The van der Waals surface area contributed by atoms with E-state index in [4.69, 9.17) is 4.74 Å². The Morgan fingerprint density at radius 3 is 1.66 bits per heavy atom. The van der Waals surface area contributed by atoms with Gasteiger partial charge in [-0.05, 0) is 79.0 Å². The van der Waals surface area contributed by atoms with Gasteiger partial charge in [0.15, 0.2) is 8.07 Å². The molecule has 2 nitrogen and oxygen atoms in total. The first-order chi connectivity index (χ1) is 23.4. The first-order valence-corrected chi connectivity index (χ1v) is 18.5. The third-order valence-corrected chi connectivity index (χ3v) is 16.1. The van der Waals surface area contributed by atoms with E-state index in [9.17, 15) is 0 Å². The Hall–Kier alpha value is -5.51. The molecule has 0 fully saturated rings. The fourth-order valence-electron chi connectivity index (χ4n) is 9.49. The molecule has 216 valence electrons. The van der Waals surface area contributed by atoms with Crippen LogP contribution in [0.2, 0.25) is 0 Å². The van der Waals surface area contributed by atoms with Crippen molar-refractivity contribution in [2.24, 2.45) is 0 Å². The molecule has 0 saturated heterocycles. The maximum atomic E-state index is 6.76. The minimum Gasteiger partial charge on any atom is -0.458 e. The Morgan fingerprint density at radius 1 is 0.383 bits per heavy atom. The van der Waals surface area contributed by atoms with Crippen molar-refractivity contribution in [3.05, 3.63) is 164 Å². The summed E-state index contributed by atoms with van der Waals surface area (Å²) in [5, 5.41) is 5.94. The van der Waals surface area contributed by atoms with E-state index < -0.39 is 8.07 Å². The minimum absolute atomic E-state index is 0.131. The zero-order valence-electron chi connectivity index (χ0n) is 25.6. The van der Waals surface area contributed by atoms with Crippen LogP contribution in [-0.2, 0) is 0 Å². The molecule has 0 aromatic heterocycles. The van der Waals surface area contributed by atoms with Crippen molar-refractivity contribution in [1.82, 2.24) is 0 Å². The van der Waals surface area contributed by atoms with Gasteiger partial charge in [0.05, 0.1) is 0 Å². The molecule has 11 rings (SSSR count). The molecule has 0 bridgehead atoms. The van der Waals surface area contributed by atoms with E-state index >= 15 is 0 Å². The lowest BCUT2D eigenvalue weighted by Gasteiger charge is -2.51. The predicted octanol–water partition coefficient (Wildman–Crippen LogP) is 2.61. The van der Waals surface area contributed by atoms with Crippen LogP contribution in [-0.4, -0.2) is 21.5 Å². The normalized spacial score (nSPS) is 17.1. The van der Waals surface area contributed by atoms with Crippen molar-refractivity contribution in [2.45, 2.75) is 0 Å². The van der Waals surface area contributed by atoms with Crippen molar-refractivity contribution in [3.8, 4) is 11.5 Å². The van der Waals surface area contributed by atoms with Crippen molar-refractivity contribution >= 4 is 92.1 Å². The van der Waals surface area contributed by atoms with Crippen LogP contribution in [0, 0.1) is 0 Å². The third-order valence-electron chi connectivity index (χ3n) is 11.1. The average molecular weight is 611 g/mol. The van der Waals surface area contributed by atoms with E-state index in [1.165, 1.54) is 70.6 Å². The topological polar surface area (TPSA) is 12.5 Å². The quantitative estimate of drug-likeness (QED) is 0.265. The van der Waals surface area contributed by atoms with Crippen LogP contribution in [0.5, 0.6) is 11.5 Å². The largest absolute Gasteiger partial charge is 0.458 e. The number of para-hydroxylation sites is 3. The highest BCUT2D eigenvalue weighted by molar-refractivity contribution is 7.31. The van der Waals surface area contributed by atoms with E-state index in [1.807, 2.05) is 0 Å². The minimum atomic E-state index is -2.84. The number of rotatable bonds is 1. The summed E-state index contributed by atoms with van der Waals surface area (Å²) in [4.78, 5) is 2.50. The summed E-state index contributed by atoms with van der Waals surface area (Å²) < 4.78 is 6.76. The lowest BCUT2D eigenvalue weighted by Crippen LogP contribution is -2.93. The van der Waals surface area contributed by atoms with Crippen LogP contribution >= 0.6 is 0 Å². The van der Waals surface area contributed by atoms with Gasteiger partial charge in [-0.2, -0.15) is 0 Å². The maximum Gasteiger partial charge on any atom is 0.250 e. The predicted molar refractivity (Wildman–Crippen MR) is 201 cm³/mol. The van der Waals surface area contributed by atoms with E-state index in [2.05, 4.69) is 169 Å². The van der Waals surface area contributed by atoms with Gasteiger partial charge < -0.3 is 9.64 Å². The highest BCUT2D eigenvalue weighted by Crippen LogP contribution is 2.36. The fourth-order valence-corrected chi connectivity index (χ4v) is 15.3. The van der Waals surface area contributed by atoms with Crippen molar-refractivity contribution < 1.29 is 4.74 Å². The monoisotopic (exact) mass is 611 g/mol. The molecule has 0 amide bonds. The smallest absolute Gasteiger partial charge is 0.250 e. The van der Waals surface area contributed by atoms with Gasteiger partial charge in [0, 0.05) is 17.1 Å². The molecule has 0 radical (unpaired) electrons. The van der Waals surface area contributed by atoms with Gasteiger partial charge in [-0.3, -0.25) is 0 Å². The highest BCUT2D eigenvalue weighted by atomic mass is 28.3. The summed E-state index contributed by atoms with van der Waals surface area (Å²) >= 11 is 0. The van der Waals surface area contributed by atoms with E-state index in [1.54, 1.807) is 0 Å². The summed E-state index contributed by atoms with van der Waals surface area (Å²) in [5.41, 5.74) is 12.0. The Morgan fingerprint density at radius 2 is 0.894 bits per heavy atom. The van der Waals surface area contributed by atoms with Gasteiger partial charge >= 0.3 is 0 Å². The van der Waals surface area contributed by atoms with Crippen molar-refractivity contribution in [2.75, 3.05) is 4.90 Å². The SMILES string of the molecule is c1ccc(N2c3ccccc3B3c4ccccc4[Si]4(c5ccccc5B5c6ccccc6Oc6cccc4c65)c4cccc2c43)cc1. The number of nitrogens with zero attached hydrogens (tertiary/aromatic N) is 1. The van der Waals surface area contributed by atoms with Crippen LogP contribution in [0.15, 0.2) is 164 Å². The summed E-state index contributed by atoms with van der Waals surface area (Å²) in [6.45, 7) is 0.277. The zero-order valence-corrected chi connectivity index (χ0v) is 26.6. The van der Waals surface area contributed by atoms with E-state index in [-0.39, 0.29) is 13.4 Å². The highest BCUT2D eigenvalue weighted by Gasteiger charge is 2.58. The molecule has 5 heteroatoms. The molecule has 0 aliphatic carbocycles. The molecule has 4 heterocycles. The van der Waals surface area contributed by atoms with E-state index in [0.29, 0.717) is 0 Å². The lowest BCUT2D eigenvalue weighted by molar-refractivity contribution is 0.488. The number of hydrogen-bond donors (Lipinski definition) is 0. The fraction of sp³-hybridized carbons (Fsp3) is 0. The summed E-state index contributed by atoms with van der Waals surface area (Å²) in [7, 11) is -2.84.